The summed E-state index contributed by atoms with van der Waals surface area (Å²) in [6.07, 6.45) is 11.5. The number of rotatable bonds is 8. The Morgan fingerprint density at radius 3 is 2.14 bits per heavy atom. The average Bonchev–Trinajstić information content (AvgIpc) is 2.74. The van der Waals surface area contributed by atoms with Crippen molar-refractivity contribution in [2.24, 2.45) is 5.92 Å². The van der Waals surface area contributed by atoms with Gasteiger partial charge in [0, 0.05) is 33.0 Å². The predicted molar refractivity (Wildman–Crippen MR) is 122 cm³/mol. The molecule has 0 aromatic carbocycles. The fraction of sp³-hybridized carbons (Fsp3) is 0.833. The van der Waals surface area contributed by atoms with Crippen molar-refractivity contribution in [1.29, 1.82) is 0 Å². The summed E-state index contributed by atoms with van der Waals surface area (Å²) in [5, 5.41) is 10.7. The Bertz CT molecular complexity index is 456. The smallest absolute Gasteiger partial charge is 0.220 e. The molecule has 5 heteroatoms. The third-order valence-electron chi connectivity index (χ3n) is 5.34. The third-order valence-corrected chi connectivity index (χ3v) is 5.34. The largest absolute Gasteiger partial charge is 0.397 e. The Hall–Kier alpha value is -1.20. The number of hydrogen-bond acceptors (Lipinski definition) is 4. The van der Waals surface area contributed by atoms with E-state index in [-0.39, 0.29) is 31.7 Å². The molecule has 0 radical (unpaired) electrons. The number of aliphatic hydroxyl groups is 1. The highest BCUT2D eigenvalue weighted by Crippen LogP contribution is 2.27. The normalized spacial score (nSPS) is 21.7. The first kappa shape index (κ1) is 27.8. The third kappa shape index (κ3) is 12.9. The van der Waals surface area contributed by atoms with E-state index >= 15 is 0 Å². The van der Waals surface area contributed by atoms with Crippen molar-refractivity contribution in [3.05, 3.63) is 12.2 Å². The monoisotopic (exact) mass is 413 g/mol. The minimum Gasteiger partial charge on any atom is -0.397 e. The van der Waals surface area contributed by atoms with Crippen molar-refractivity contribution in [3.63, 3.8) is 0 Å². The van der Waals surface area contributed by atoms with Gasteiger partial charge in [-0.3, -0.25) is 9.59 Å². The lowest BCUT2D eigenvalue weighted by Gasteiger charge is -2.28. The molecule has 1 amide bonds. The molecular formula is C24H47NO4. The van der Waals surface area contributed by atoms with Gasteiger partial charge in [-0.05, 0) is 64.4 Å². The quantitative estimate of drug-likeness (QED) is 0.423. The molecule has 0 atom stereocenters. The number of ether oxygens (including phenoxy) is 1. The summed E-state index contributed by atoms with van der Waals surface area (Å²) >= 11 is 0. The maximum absolute atomic E-state index is 12.0. The summed E-state index contributed by atoms with van der Waals surface area (Å²) in [5.74, 6) is 0.427. The number of carbonyl (C=O) groups excluding carboxylic acids is 2. The van der Waals surface area contributed by atoms with Gasteiger partial charge in [0.2, 0.25) is 5.91 Å². The van der Waals surface area contributed by atoms with Crippen LogP contribution >= 0.6 is 0 Å². The SMILES string of the molecule is C=C(C)C(=O)C1CCC(NC(=O)CCCOC2CCCCC2)CC1.CC.CCO.[HH]. The summed E-state index contributed by atoms with van der Waals surface area (Å²) in [6.45, 7) is 12.1. The van der Waals surface area contributed by atoms with Crippen LogP contribution in [-0.2, 0) is 14.3 Å². The van der Waals surface area contributed by atoms with Crippen LogP contribution < -0.4 is 5.32 Å². The van der Waals surface area contributed by atoms with Gasteiger partial charge in [-0.2, -0.15) is 0 Å². The minimum absolute atomic E-state index is 0. The number of Topliss-reactive ketones (excluding diaryl/α,β-unsaturated/α-hetero) is 1. The number of nitrogens with one attached hydrogen (secondary N) is 1. The fourth-order valence-electron chi connectivity index (χ4n) is 3.86. The molecule has 0 aromatic rings. The Balaban J connectivity index is 0. The zero-order valence-corrected chi connectivity index (χ0v) is 19.3. The summed E-state index contributed by atoms with van der Waals surface area (Å²) in [4.78, 5) is 24.0. The molecule has 0 aliphatic heterocycles. The lowest BCUT2D eigenvalue weighted by atomic mass is 9.82. The number of aliphatic hydroxyl groups excluding tert-OH is 1. The van der Waals surface area contributed by atoms with Crippen LogP contribution in [0.5, 0.6) is 0 Å². The molecule has 2 rings (SSSR count). The van der Waals surface area contributed by atoms with Crippen LogP contribution in [-0.4, -0.2) is 42.2 Å². The van der Waals surface area contributed by atoms with Crippen molar-refractivity contribution in [3.8, 4) is 0 Å². The van der Waals surface area contributed by atoms with Gasteiger partial charge in [-0.15, -0.1) is 0 Å². The highest BCUT2D eigenvalue weighted by molar-refractivity contribution is 5.96. The van der Waals surface area contributed by atoms with Gasteiger partial charge in [0.05, 0.1) is 6.10 Å². The van der Waals surface area contributed by atoms with E-state index in [1.54, 1.807) is 13.8 Å². The molecule has 2 aliphatic carbocycles. The number of ketones is 1. The van der Waals surface area contributed by atoms with E-state index in [4.69, 9.17) is 9.84 Å². The number of allylic oxidation sites excluding steroid dienone is 1. The standard InChI is InChI=1S/C20H33NO3.C2H6O.C2H6.H2/c1-15(2)20(23)16-10-12-17(13-11-16)21-19(22)9-6-14-24-18-7-4-3-5-8-18;1-2-3;1-2;/h16-18H,1,3-14H2,2H3,(H,21,22);3H,2H2,1H3;1-2H3;1H. The Kier molecular flexibility index (Phi) is 16.9. The van der Waals surface area contributed by atoms with Crippen LogP contribution in [0.15, 0.2) is 12.2 Å². The Labute approximate surface area is 180 Å². The topological polar surface area (TPSA) is 75.6 Å². The van der Waals surface area contributed by atoms with Crippen LogP contribution in [0.3, 0.4) is 0 Å². The van der Waals surface area contributed by atoms with E-state index < -0.39 is 0 Å². The molecule has 2 saturated carbocycles. The maximum atomic E-state index is 12.0. The maximum Gasteiger partial charge on any atom is 0.220 e. The average molecular weight is 414 g/mol. The van der Waals surface area contributed by atoms with Gasteiger partial charge in [0.1, 0.15) is 0 Å². The predicted octanol–water partition coefficient (Wildman–Crippen LogP) is 5.21. The molecule has 5 nitrogen and oxygen atoms in total. The molecule has 2 fully saturated rings. The van der Waals surface area contributed by atoms with Crippen LogP contribution in [0.1, 0.15) is 99.8 Å². The van der Waals surface area contributed by atoms with Gasteiger partial charge in [-0.25, -0.2) is 0 Å². The molecule has 29 heavy (non-hydrogen) atoms. The van der Waals surface area contributed by atoms with Gasteiger partial charge in [0.25, 0.3) is 0 Å². The minimum atomic E-state index is 0. The summed E-state index contributed by atoms with van der Waals surface area (Å²) in [6, 6.07) is 0.228. The number of carbonyl (C=O) groups is 2. The highest BCUT2D eigenvalue weighted by atomic mass is 16.5. The van der Waals surface area contributed by atoms with Crippen LogP contribution in [0.2, 0.25) is 0 Å². The molecule has 0 spiro atoms. The van der Waals surface area contributed by atoms with Crippen molar-refractivity contribution < 1.29 is 20.9 Å². The molecule has 0 bridgehead atoms. The summed E-state index contributed by atoms with van der Waals surface area (Å²) < 4.78 is 5.86. The van der Waals surface area contributed by atoms with Gasteiger partial charge < -0.3 is 15.2 Å². The van der Waals surface area contributed by atoms with E-state index in [1.165, 1.54) is 32.1 Å². The van der Waals surface area contributed by atoms with Gasteiger partial charge >= 0.3 is 0 Å². The number of hydrogen-bond donors (Lipinski definition) is 2. The number of amides is 1. The summed E-state index contributed by atoms with van der Waals surface area (Å²) in [7, 11) is 0. The highest BCUT2D eigenvalue weighted by Gasteiger charge is 2.27. The zero-order valence-electron chi connectivity index (χ0n) is 19.3. The second-order valence-electron chi connectivity index (χ2n) is 7.81. The fourth-order valence-corrected chi connectivity index (χ4v) is 3.86. The Morgan fingerprint density at radius 1 is 1.07 bits per heavy atom. The molecule has 0 unspecified atom stereocenters. The van der Waals surface area contributed by atoms with E-state index in [9.17, 15) is 9.59 Å². The van der Waals surface area contributed by atoms with Crippen LogP contribution in [0.4, 0.5) is 0 Å². The molecule has 2 aliphatic rings. The first-order valence-electron chi connectivity index (χ1n) is 11.7. The molecule has 0 heterocycles. The van der Waals surface area contributed by atoms with E-state index in [0.29, 0.717) is 24.7 Å². The molecule has 0 aromatic heterocycles. The zero-order chi connectivity index (χ0) is 22.1. The van der Waals surface area contributed by atoms with Crippen molar-refractivity contribution >= 4 is 11.7 Å². The van der Waals surface area contributed by atoms with E-state index in [1.807, 2.05) is 13.8 Å². The molecule has 0 saturated heterocycles. The first-order chi connectivity index (χ1) is 14.0. The van der Waals surface area contributed by atoms with Gasteiger partial charge in [-0.1, -0.05) is 39.7 Å². The lowest BCUT2D eigenvalue weighted by Crippen LogP contribution is -2.38. The second-order valence-corrected chi connectivity index (χ2v) is 7.81. The first-order valence-corrected chi connectivity index (χ1v) is 11.7. The Morgan fingerprint density at radius 2 is 1.62 bits per heavy atom. The van der Waals surface area contributed by atoms with Crippen molar-refractivity contribution in [2.45, 2.75) is 110 Å². The van der Waals surface area contributed by atoms with E-state index in [2.05, 4.69) is 11.9 Å². The summed E-state index contributed by atoms with van der Waals surface area (Å²) in [5.41, 5.74) is 0.653. The van der Waals surface area contributed by atoms with E-state index in [0.717, 1.165) is 32.1 Å². The van der Waals surface area contributed by atoms with Crippen molar-refractivity contribution in [2.75, 3.05) is 13.2 Å². The van der Waals surface area contributed by atoms with Crippen LogP contribution in [0.25, 0.3) is 0 Å². The van der Waals surface area contributed by atoms with Crippen molar-refractivity contribution in [1.82, 2.24) is 5.32 Å². The van der Waals surface area contributed by atoms with Crippen LogP contribution in [0, 0.1) is 5.92 Å². The van der Waals surface area contributed by atoms with Gasteiger partial charge in [0.15, 0.2) is 5.78 Å². The molecule has 2 N–H and O–H groups in total. The molecule has 172 valence electrons. The lowest BCUT2D eigenvalue weighted by molar-refractivity contribution is -0.122. The molecular weight excluding hydrogens is 366 g/mol. The second kappa shape index (κ2) is 17.6.